The van der Waals surface area contributed by atoms with Crippen molar-refractivity contribution in [3.8, 4) is 0 Å². The fourth-order valence-corrected chi connectivity index (χ4v) is 4.15. The first-order chi connectivity index (χ1) is 14.5. The van der Waals surface area contributed by atoms with Gasteiger partial charge in [-0.1, -0.05) is 65.8 Å². The molecule has 0 bridgehead atoms. The third kappa shape index (κ3) is 4.39. The number of amides is 2. The van der Waals surface area contributed by atoms with E-state index in [0.29, 0.717) is 21.6 Å². The number of para-hydroxylation sites is 1. The summed E-state index contributed by atoms with van der Waals surface area (Å²) in [6, 6.07) is 16.5. The SMILES string of the molecule is O=C1C[C@@H](C(=O)Nc2ccccc2Cl)c2c(nc(SCc3ccccc3)[nH]c2=O)N1. The van der Waals surface area contributed by atoms with Gasteiger partial charge >= 0.3 is 0 Å². The lowest BCUT2D eigenvalue weighted by molar-refractivity contribution is -0.123. The number of carbonyl (C=O) groups excluding carboxylic acids is 2. The fourth-order valence-electron chi connectivity index (χ4n) is 3.15. The van der Waals surface area contributed by atoms with Gasteiger partial charge in [-0.25, -0.2) is 4.98 Å². The molecule has 4 rings (SSSR count). The van der Waals surface area contributed by atoms with Gasteiger partial charge < -0.3 is 15.6 Å². The van der Waals surface area contributed by atoms with Crippen molar-refractivity contribution in [2.75, 3.05) is 10.6 Å². The zero-order valence-corrected chi connectivity index (χ0v) is 17.2. The molecule has 9 heteroatoms. The third-order valence-electron chi connectivity index (χ3n) is 4.60. The molecule has 0 aliphatic carbocycles. The van der Waals surface area contributed by atoms with Gasteiger partial charge in [0, 0.05) is 12.2 Å². The third-order valence-corrected chi connectivity index (χ3v) is 5.87. The predicted molar refractivity (Wildman–Crippen MR) is 117 cm³/mol. The van der Waals surface area contributed by atoms with E-state index < -0.39 is 17.4 Å². The molecule has 3 aromatic rings. The van der Waals surface area contributed by atoms with Gasteiger partial charge in [0.2, 0.25) is 11.8 Å². The zero-order chi connectivity index (χ0) is 21.1. The van der Waals surface area contributed by atoms with Crippen molar-refractivity contribution < 1.29 is 9.59 Å². The van der Waals surface area contributed by atoms with Gasteiger partial charge in [-0.05, 0) is 17.7 Å². The van der Waals surface area contributed by atoms with Crippen LogP contribution in [0.4, 0.5) is 11.5 Å². The Labute approximate surface area is 181 Å². The topological polar surface area (TPSA) is 104 Å². The summed E-state index contributed by atoms with van der Waals surface area (Å²) in [5.74, 6) is -1.11. The molecule has 1 aromatic heterocycles. The molecule has 0 fully saturated rings. The smallest absolute Gasteiger partial charge is 0.257 e. The van der Waals surface area contributed by atoms with E-state index in [0.717, 1.165) is 5.56 Å². The van der Waals surface area contributed by atoms with E-state index in [9.17, 15) is 14.4 Å². The molecule has 152 valence electrons. The van der Waals surface area contributed by atoms with Crippen molar-refractivity contribution in [2.45, 2.75) is 23.2 Å². The lowest BCUT2D eigenvalue weighted by atomic mass is 9.92. The predicted octanol–water partition coefficient (Wildman–Crippen LogP) is 3.78. The number of thioether (sulfide) groups is 1. The van der Waals surface area contributed by atoms with Crippen LogP contribution in [-0.4, -0.2) is 21.8 Å². The van der Waals surface area contributed by atoms with Crippen molar-refractivity contribution in [1.82, 2.24) is 9.97 Å². The van der Waals surface area contributed by atoms with Crippen molar-refractivity contribution >= 4 is 46.7 Å². The van der Waals surface area contributed by atoms with Crippen LogP contribution in [-0.2, 0) is 15.3 Å². The normalized spacial score (nSPS) is 15.2. The molecular formula is C21H17ClN4O3S. The summed E-state index contributed by atoms with van der Waals surface area (Å²) in [6.45, 7) is 0. The number of H-pyrrole nitrogens is 1. The Balaban J connectivity index is 1.59. The molecule has 2 amide bonds. The molecule has 0 radical (unpaired) electrons. The zero-order valence-electron chi connectivity index (χ0n) is 15.6. The van der Waals surface area contributed by atoms with Crippen molar-refractivity contribution in [1.29, 1.82) is 0 Å². The van der Waals surface area contributed by atoms with Crippen LogP contribution < -0.4 is 16.2 Å². The Kier molecular flexibility index (Phi) is 5.87. The Morgan fingerprint density at radius 1 is 1.13 bits per heavy atom. The molecule has 2 heterocycles. The molecule has 0 saturated carbocycles. The van der Waals surface area contributed by atoms with Crippen LogP contribution in [0.15, 0.2) is 64.5 Å². The van der Waals surface area contributed by atoms with Gasteiger partial charge in [-0.15, -0.1) is 0 Å². The Morgan fingerprint density at radius 3 is 2.63 bits per heavy atom. The Morgan fingerprint density at radius 2 is 1.87 bits per heavy atom. The van der Waals surface area contributed by atoms with E-state index in [1.807, 2.05) is 30.3 Å². The summed E-state index contributed by atoms with van der Waals surface area (Å²) in [5.41, 5.74) is 1.18. The number of nitrogens with one attached hydrogen (secondary N) is 3. The minimum atomic E-state index is -0.963. The number of hydrogen-bond acceptors (Lipinski definition) is 5. The highest BCUT2D eigenvalue weighted by atomic mass is 35.5. The van der Waals surface area contributed by atoms with Crippen LogP contribution in [0.2, 0.25) is 5.02 Å². The van der Waals surface area contributed by atoms with Gasteiger partial charge in [-0.3, -0.25) is 14.4 Å². The number of benzene rings is 2. The number of aromatic nitrogens is 2. The van der Waals surface area contributed by atoms with Crippen molar-refractivity contribution in [3.63, 3.8) is 0 Å². The number of halogens is 1. The quantitative estimate of drug-likeness (QED) is 0.413. The summed E-state index contributed by atoms with van der Waals surface area (Å²) in [7, 11) is 0. The summed E-state index contributed by atoms with van der Waals surface area (Å²) in [6.07, 6.45) is -0.148. The van der Waals surface area contributed by atoms with Gasteiger partial charge in [0.15, 0.2) is 5.16 Å². The first-order valence-electron chi connectivity index (χ1n) is 9.17. The van der Waals surface area contributed by atoms with Crippen molar-refractivity contribution in [2.24, 2.45) is 0 Å². The van der Waals surface area contributed by atoms with Crippen LogP contribution in [0.25, 0.3) is 0 Å². The second-order valence-electron chi connectivity index (χ2n) is 6.68. The highest BCUT2D eigenvalue weighted by Crippen LogP contribution is 2.31. The second-order valence-corrected chi connectivity index (χ2v) is 8.05. The summed E-state index contributed by atoms with van der Waals surface area (Å²) in [5, 5.41) is 6.04. The number of nitrogens with zero attached hydrogens (tertiary/aromatic N) is 1. The molecule has 1 aliphatic rings. The molecule has 0 saturated heterocycles. The minimum absolute atomic E-state index is 0.116. The Hall–Kier alpha value is -3.10. The monoisotopic (exact) mass is 440 g/mol. The maximum Gasteiger partial charge on any atom is 0.257 e. The maximum absolute atomic E-state index is 12.8. The molecule has 0 spiro atoms. The van der Waals surface area contributed by atoms with Crippen LogP contribution >= 0.6 is 23.4 Å². The number of carbonyl (C=O) groups is 2. The van der Waals surface area contributed by atoms with Crippen LogP contribution in [0, 0.1) is 0 Å². The molecule has 1 aliphatic heterocycles. The van der Waals surface area contributed by atoms with E-state index in [2.05, 4.69) is 20.6 Å². The number of hydrogen-bond donors (Lipinski definition) is 3. The summed E-state index contributed by atoms with van der Waals surface area (Å²) >= 11 is 7.44. The van der Waals surface area contributed by atoms with Gasteiger partial charge in [0.05, 0.1) is 22.2 Å². The summed E-state index contributed by atoms with van der Waals surface area (Å²) in [4.78, 5) is 44.9. The number of anilines is 2. The van der Waals surface area contributed by atoms with Crippen LogP contribution in [0.1, 0.15) is 23.5 Å². The lowest BCUT2D eigenvalue weighted by Crippen LogP contribution is -2.36. The second kappa shape index (κ2) is 8.73. The molecule has 0 unspecified atom stereocenters. The lowest BCUT2D eigenvalue weighted by Gasteiger charge is -2.23. The molecule has 3 N–H and O–H groups in total. The van der Waals surface area contributed by atoms with E-state index in [4.69, 9.17) is 11.6 Å². The highest BCUT2D eigenvalue weighted by Gasteiger charge is 2.35. The average molecular weight is 441 g/mol. The number of aromatic amines is 1. The minimum Gasteiger partial charge on any atom is -0.324 e. The van der Waals surface area contributed by atoms with E-state index in [1.54, 1.807) is 24.3 Å². The van der Waals surface area contributed by atoms with Gasteiger partial charge in [0.1, 0.15) is 5.82 Å². The average Bonchev–Trinajstić information content (AvgIpc) is 2.73. The van der Waals surface area contributed by atoms with Gasteiger partial charge in [0.25, 0.3) is 5.56 Å². The van der Waals surface area contributed by atoms with Crippen LogP contribution in [0.3, 0.4) is 0 Å². The molecule has 30 heavy (non-hydrogen) atoms. The Bertz CT molecular complexity index is 1170. The van der Waals surface area contributed by atoms with E-state index in [1.165, 1.54) is 11.8 Å². The number of rotatable bonds is 5. The molecule has 7 nitrogen and oxygen atoms in total. The van der Waals surface area contributed by atoms with E-state index >= 15 is 0 Å². The fraction of sp³-hybridized carbons (Fsp3) is 0.143. The van der Waals surface area contributed by atoms with E-state index in [-0.39, 0.29) is 23.7 Å². The van der Waals surface area contributed by atoms with Crippen LogP contribution in [0.5, 0.6) is 0 Å². The highest BCUT2D eigenvalue weighted by molar-refractivity contribution is 7.98. The first kappa shape index (κ1) is 20.2. The molecule has 1 atom stereocenters. The van der Waals surface area contributed by atoms with Gasteiger partial charge in [-0.2, -0.15) is 0 Å². The summed E-state index contributed by atoms with van der Waals surface area (Å²) < 4.78 is 0. The molecular weight excluding hydrogens is 424 g/mol. The standard InChI is InChI=1S/C21H17ClN4O3S/c22-14-8-4-5-9-15(14)23-19(28)13-10-16(27)24-18-17(13)20(29)26-21(25-18)30-11-12-6-2-1-3-7-12/h1-9,13H,10-11H2,(H,23,28)(H2,24,25,26,27,29)/t13-/m1/s1. The number of fused-ring (bicyclic) bond motifs is 1. The van der Waals surface area contributed by atoms with Crippen molar-refractivity contribution in [3.05, 3.63) is 81.1 Å². The maximum atomic E-state index is 12.8. The first-order valence-corrected chi connectivity index (χ1v) is 10.5. The molecule has 2 aromatic carbocycles. The largest absolute Gasteiger partial charge is 0.324 e.